The Balaban J connectivity index is 2.39. The molecule has 5 heteroatoms. The van der Waals surface area contributed by atoms with Crippen LogP contribution in [0.2, 0.25) is 5.02 Å². The van der Waals surface area contributed by atoms with Crippen LogP contribution in [0.4, 0.5) is 5.69 Å². The van der Waals surface area contributed by atoms with Crippen molar-refractivity contribution in [1.82, 2.24) is 0 Å². The summed E-state index contributed by atoms with van der Waals surface area (Å²) in [5.74, 6) is -1.46. The van der Waals surface area contributed by atoms with E-state index < -0.39 is 11.9 Å². The minimum atomic E-state index is -0.814. The second-order valence-corrected chi connectivity index (χ2v) is 3.96. The van der Waals surface area contributed by atoms with Crippen molar-refractivity contribution < 1.29 is 14.3 Å². The Kier molecular flexibility index (Phi) is 2.83. The third-order valence-corrected chi connectivity index (χ3v) is 2.66. The largest absolute Gasteiger partial charge is 0.457 e. The van der Waals surface area contributed by atoms with E-state index in [1.54, 1.807) is 12.1 Å². The lowest BCUT2D eigenvalue weighted by Gasteiger charge is -2.27. The number of carbonyl (C=O) groups is 2. The smallest absolute Gasteiger partial charge is 0.397 e. The van der Waals surface area contributed by atoms with Crippen LogP contribution < -0.4 is 4.90 Å². The lowest BCUT2D eigenvalue weighted by Crippen LogP contribution is -2.45. The Morgan fingerprint density at radius 3 is 2.88 bits per heavy atom. The number of esters is 1. The predicted octanol–water partition coefficient (Wildman–Crippen LogP) is 1.54. The number of carbonyl (C=O) groups excluding carboxylic acids is 2. The number of cyclic esters (lactones) is 1. The van der Waals surface area contributed by atoms with Gasteiger partial charge >= 0.3 is 11.9 Å². The first-order valence-electron chi connectivity index (χ1n) is 4.84. The van der Waals surface area contributed by atoms with Crippen LogP contribution in [0.25, 0.3) is 0 Å². The van der Waals surface area contributed by atoms with E-state index in [-0.39, 0.29) is 6.61 Å². The lowest BCUT2D eigenvalue weighted by molar-refractivity contribution is -0.156. The van der Waals surface area contributed by atoms with Crippen LogP contribution in [0.5, 0.6) is 0 Å². The van der Waals surface area contributed by atoms with E-state index in [9.17, 15) is 9.59 Å². The van der Waals surface area contributed by atoms with Gasteiger partial charge < -0.3 is 4.74 Å². The molecule has 1 aromatic rings. The molecule has 84 valence electrons. The summed E-state index contributed by atoms with van der Waals surface area (Å²) in [6.07, 6.45) is 0. The average Bonchev–Trinajstić information content (AvgIpc) is 2.26. The number of hydrogen-bond donors (Lipinski definition) is 0. The van der Waals surface area contributed by atoms with Crippen LogP contribution in [0.1, 0.15) is 5.56 Å². The molecule has 0 N–H and O–H groups in total. The van der Waals surface area contributed by atoms with E-state index in [4.69, 9.17) is 11.6 Å². The zero-order chi connectivity index (χ0) is 11.7. The quantitative estimate of drug-likeness (QED) is 0.552. The summed E-state index contributed by atoms with van der Waals surface area (Å²) in [6, 6.07) is 5.23. The number of morpholine rings is 1. The number of anilines is 1. The average molecular weight is 240 g/mol. The zero-order valence-electron chi connectivity index (χ0n) is 8.70. The Hall–Kier alpha value is -1.55. The maximum absolute atomic E-state index is 11.6. The summed E-state index contributed by atoms with van der Waals surface area (Å²) in [7, 11) is 0. The molecule has 1 fully saturated rings. The molecule has 0 spiro atoms. The van der Waals surface area contributed by atoms with Gasteiger partial charge in [-0.25, -0.2) is 4.79 Å². The summed E-state index contributed by atoms with van der Waals surface area (Å²) in [5.41, 5.74) is 1.56. The highest BCUT2D eigenvalue weighted by Gasteiger charge is 2.30. The monoisotopic (exact) mass is 239 g/mol. The normalized spacial score (nSPS) is 16.2. The highest BCUT2D eigenvalue weighted by atomic mass is 35.5. The number of halogens is 1. The van der Waals surface area contributed by atoms with Gasteiger partial charge in [-0.15, -0.1) is 0 Å². The fraction of sp³-hybridized carbons (Fsp3) is 0.273. The van der Waals surface area contributed by atoms with Crippen molar-refractivity contribution in [3.8, 4) is 0 Å². The molecule has 16 heavy (non-hydrogen) atoms. The van der Waals surface area contributed by atoms with Gasteiger partial charge in [0.2, 0.25) is 0 Å². The number of amides is 1. The van der Waals surface area contributed by atoms with Crippen LogP contribution in [0, 0.1) is 6.92 Å². The molecule has 4 nitrogen and oxygen atoms in total. The molecule has 0 aromatic heterocycles. The van der Waals surface area contributed by atoms with Crippen molar-refractivity contribution in [1.29, 1.82) is 0 Å². The second kappa shape index (κ2) is 4.14. The maximum Gasteiger partial charge on any atom is 0.397 e. The van der Waals surface area contributed by atoms with E-state index in [2.05, 4.69) is 4.74 Å². The highest BCUT2D eigenvalue weighted by molar-refractivity contribution is 6.39. The number of benzene rings is 1. The van der Waals surface area contributed by atoms with Crippen molar-refractivity contribution in [3.05, 3.63) is 28.8 Å². The summed E-state index contributed by atoms with van der Waals surface area (Å²) < 4.78 is 4.65. The number of aryl methyl sites for hydroxylation is 1. The minimum Gasteiger partial charge on any atom is -0.457 e. The summed E-state index contributed by atoms with van der Waals surface area (Å²) in [6.45, 7) is 2.45. The second-order valence-electron chi connectivity index (χ2n) is 3.52. The molecule has 1 aromatic carbocycles. The van der Waals surface area contributed by atoms with Gasteiger partial charge in [0.05, 0.1) is 6.54 Å². The number of hydrogen-bond acceptors (Lipinski definition) is 3. The van der Waals surface area contributed by atoms with Crippen molar-refractivity contribution in [2.75, 3.05) is 18.1 Å². The first kappa shape index (κ1) is 11.0. The topological polar surface area (TPSA) is 46.6 Å². The molecular formula is C11H10ClNO3. The van der Waals surface area contributed by atoms with Gasteiger partial charge in [-0.2, -0.15) is 0 Å². The molecule has 0 bridgehead atoms. The van der Waals surface area contributed by atoms with Gasteiger partial charge in [0.25, 0.3) is 0 Å². The standard InChI is InChI=1S/C11H10ClNO3/c1-7-2-3-8(12)6-9(7)13-4-5-16-11(15)10(13)14/h2-3,6H,4-5H2,1H3. The number of ether oxygens (including phenoxy) is 1. The molecule has 1 heterocycles. The van der Waals surface area contributed by atoms with E-state index in [1.807, 2.05) is 13.0 Å². The Morgan fingerprint density at radius 1 is 1.38 bits per heavy atom. The Labute approximate surface area is 97.7 Å². The summed E-state index contributed by atoms with van der Waals surface area (Å²) in [5, 5.41) is 0.535. The molecular weight excluding hydrogens is 230 g/mol. The third kappa shape index (κ3) is 1.88. The molecule has 0 aliphatic carbocycles. The van der Waals surface area contributed by atoms with Crippen molar-refractivity contribution in [2.24, 2.45) is 0 Å². The molecule has 1 saturated heterocycles. The van der Waals surface area contributed by atoms with Crippen LogP contribution >= 0.6 is 11.6 Å². The van der Waals surface area contributed by atoms with E-state index in [0.717, 1.165) is 5.56 Å². The number of rotatable bonds is 1. The first-order chi connectivity index (χ1) is 7.59. The van der Waals surface area contributed by atoms with Crippen LogP contribution in [-0.2, 0) is 14.3 Å². The van der Waals surface area contributed by atoms with E-state index in [1.165, 1.54) is 4.90 Å². The molecule has 0 unspecified atom stereocenters. The van der Waals surface area contributed by atoms with E-state index >= 15 is 0 Å². The third-order valence-electron chi connectivity index (χ3n) is 2.43. The molecule has 1 aliphatic rings. The fourth-order valence-electron chi connectivity index (χ4n) is 1.61. The molecule has 0 atom stereocenters. The molecule has 0 saturated carbocycles. The van der Waals surface area contributed by atoms with Gasteiger partial charge in [-0.1, -0.05) is 17.7 Å². The van der Waals surface area contributed by atoms with Crippen LogP contribution in [0.3, 0.4) is 0 Å². The van der Waals surface area contributed by atoms with E-state index in [0.29, 0.717) is 17.3 Å². The SMILES string of the molecule is Cc1ccc(Cl)cc1N1CCOC(=O)C1=O. The minimum absolute atomic E-state index is 0.219. The zero-order valence-corrected chi connectivity index (χ0v) is 9.45. The van der Waals surface area contributed by atoms with Gasteiger partial charge in [0.1, 0.15) is 6.61 Å². The summed E-state index contributed by atoms with van der Waals surface area (Å²) >= 11 is 5.87. The Morgan fingerprint density at radius 2 is 2.12 bits per heavy atom. The molecule has 1 amide bonds. The summed E-state index contributed by atoms with van der Waals surface area (Å²) in [4.78, 5) is 24.1. The fourth-order valence-corrected chi connectivity index (χ4v) is 1.77. The number of nitrogens with zero attached hydrogens (tertiary/aromatic N) is 1. The molecule has 0 radical (unpaired) electrons. The lowest BCUT2D eigenvalue weighted by atomic mass is 10.1. The molecule has 1 aliphatic heterocycles. The van der Waals surface area contributed by atoms with Gasteiger partial charge in [0.15, 0.2) is 0 Å². The van der Waals surface area contributed by atoms with Gasteiger partial charge in [0, 0.05) is 10.7 Å². The van der Waals surface area contributed by atoms with Crippen molar-refractivity contribution >= 4 is 29.2 Å². The van der Waals surface area contributed by atoms with Crippen LogP contribution in [0.15, 0.2) is 18.2 Å². The van der Waals surface area contributed by atoms with Gasteiger partial charge in [-0.05, 0) is 24.6 Å². The van der Waals surface area contributed by atoms with Crippen LogP contribution in [-0.4, -0.2) is 25.0 Å². The van der Waals surface area contributed by atoms with Crippen molar-refractivity contribution in [2.45, 2.75) is 6.92 Å². The first-order valence-corrected chi connectivity index (χ1v) is 5.22. The van der Waals surface area contributed by atoms with Crippen molar-refractivity contribution in [3.63, 3.8) is 0 Å². The molecule has 2 rings (SSSR count). The Bertz CT molecular complexity index is 459. The predicted molar refractivity (Wildman–Crippen MR) is 59.5 cm³/mol. The highest BCUT2D eigenvalue weighted by Crippen LogP contribution is 2.25. The maximum atomic E-state index is 11.6. The van der Waals surface area contributed by atoms with Gasteiger partial charge in [-0.3, -0.25) is 9.69 Å².